The quantitative estimate of drug-likeness (QED) is 0.807. The fraction of sp³-hybridized carbons (Fsp3) is 0.300. The maximum atomic E-state index is 12.9. The number of nitrogens with one attached hydrogen (secondary N) is 1. The normalized spacial score (nSPS) is 13.4. The summed E-state index contributed by atoms with van der Waals surface area (Å²) < 4.78 is 39.0. The lowest BCUT2D eigenvalue weighted by atomic mass is 10.2. The summed E-state index contributed by atoms with van der Waals surface area (Å²) >= 11 is 4.68. The van der Waals surface area contributed by atoms with Crippen molar-refractivity contribution in [3.8, 4) is 0 Å². The van der Waals surface area contributed by atoms with Crippen molar-refractivity contribution in [3.05, 3.63) is 29.6 Å². The highest BCUT2D eigenvalue weighted by Gasteiger charge is 2.20. The van der Waals surface area contributed by atoms with Gasteiger partial charge in [0.05, 0.1) is 15.9 Å². The van der Waals surface area contributed by atoms with Gasteiger partial charge in [0.15, 0.2) is 0 Å². The van der Waals surface area contributed by atoms with Gasteiger partial charge in [-0.2, -0.15) is 0 Å². The molecule has 3 N–H and O–H groups in total. The molecule has 17 heavy (non-hydrogen) atoms. The maximum absolute atomic E-state index is 12.9. The number of aryl methyl sites for hydroxylation is 1. The van der Waals surface area contributed by atoms with E-state index in [1.165, 1.54) is 13.0 Å². The third kappa shape index (κ3) is 3.45. The van der Waals surface area contributed by atoms with Crippen molar-refractivity contribution < 1.29 is 12.8 Å². The molecule has 1 atom stereocenters. The summed E-state index contributed by atoms with van der Waals surface area (Å²) in [7, 11) is -3.74. The molecule has 0 saturated heterocycles. The van der Waals surface area contributed by atoms with E-state index >= 15 is 0 Å². The zero-order chi connectivity index (χ0) is 13.2. The molecule has 1 aromatic rings. The van der Waals surface area contributed by atoms with Crippen LogP contribution in [0.2, 0.25) is 0 Å². The Morgan fingerprint density at radius 3 is 2.59 bits per heavy atom. The van der Waals surface area contributed by atoms with Crippen LogP contribution < -0.4 is 10.5 Å². The highest BCUT2D eigenvalue weighted by atomic mass is 32.2. The Hall–Kier alpha value is -1.05. The number of halogens is 1. The van der Waals surface area contributed by atoms with Crippen molar-refractivity contribution in [3.63, 3.8) is 0 Å². The van der Waals surface area contributed by atoms with Crippen LogP contribution in [0.25, 0.3) is 0 Å². The molecule has 0 heterocycles. The molecule has 0 bridgehead atoms. The molecule has 0 amide bonds. The molecule has 0 radical (unpaired) electrons. The molecule has 7 heteroatoms. The Morgan fingerprint density at radius 2 is 2.12 bits per heavy atom. The second-order valence-corrected chi connectivity index (χ2v) is 5.81. The Kier molecular flexibility index (Phi) is 4.18. The van der Waals surface area contributed by atoms with Crippen molar-refractivity contribution in [2.75, 3.05) is 0 Å². The van der Waals surface area contributed by atoms with E-state index in [1.807, 2.05) is 0 Å². The molecule has 4 nitrogen and oxygen atoms in total. The van der Waals surface area contributed by atoms with Gasteiger partial charge in [-0.1, -0.05) is 12.2 Å². The van der Waals surface area contributed by atoms with E-state index in [1.54, 1.807) is 6.92 Å². The van der Waals surface area contributed by atoms with Gasteiger partial charge in [-0.25, -0.2) is 17.5 Å². The molecular weight excluding hydrogens is 263 g/mol. The summed E-state index contributed by atoms with van der Waals surface area (Å²) in [5.74, 6) is -0.483. The predicted molar refractivity (Wildman–Crippen MR) is 67.7 cm³/mol. The van der Waals surface area contributed by atoms with Crippen molar-refractivity contribution in [2.24, 2.45) is 5.73 Å². The number of nitrogens with two attached hydrogens (primary N) is 1. The number of thiocarbonyl (C=S) groups is 1. The van der Waals surface area contributed by atoms with Gasteiger partial charge in [0.2, 0.25) is 10.0 Å². The van der Waals surface area contributed by atoms with Crippen molar-refractivity contribution in [1.29, 1.82) is 0 Å². The number of sulfonamides is 1. The Bertz CT molecular complexity index is 543. The number of rotatable bonds is 4. The van der Waals surface area contributed by atoms with Crippen LogP contribution in [0.3, 0.4) is 0 Å². The fourth-order valence-electron chi connectivity index (χ4n) is 1.27. The fourth-order valence-corrected chi connectivity index (χ4v) is 2.85. The molecule has 0 saturated carbocycles. The van der Waals surface area contributed by atoms with E-state index < -0.39 is 21.9 Å². The average Bonchev–Trinajstić information content (AvgIpc) is 2.15. The minimum Gasteiger partial charge on any atom is -0.392 e. The minimum atomic E-state index is -3.74. The van der Waals surface area contributed by atoms with E-state index in [9.17, 15) is 12.8 Å². The van der Waals surface area contributed by atoms with Crippen LogP contribution in [0.15, 0.2) is 23.1 Å². The minimum absolute atomic E-state index is 0.0157. The molecule has 0 aliphatic heterocycles. The third-order valence-corrected chi connectivity index (χ3v) is 4.24. The Labute approximate surface area is 105 Å². The molecule has 0 fully saturated rings. The summed E-state index contributed by atoms with van der Waals surface area (Å²) in [5.41, 5.74) is 5.65. The maximum Gasteiger partial charge on any atom is 0.241 e. The van der Waals surface area contributed by atoms with Gasteiger partial charge >= 0.3 is 0 Å². The van der Waals surface area contributed by atoms with Crippen LogP contribution in [0.4, 0.5) is 4.39 Å². The molecule has 0 aliphatic carbocycles. The number of hydrogen-bond acceptors (Lipinski definition) is 3. The van der Waals surface area contributed by atoms with Crippen molar-refractivity contribution in [1.82, 2.24) is 4.72 Å². The van der Waals surface area contributed by atoms with Gasteiger partial charge < -0.3 is 5.73 Å². The van der Waals surface area contributed by atoms with Gasteiger partial charge in [-0.3, -0.25) is 0 Å². The summed E-state index contributed by atoms with van der Waals surface area (Å²) in [6.45, 7) is 3.06. The predicted octanol–water partition coefficient (Wildman–Crippen LogP) is 1.09. The molecule has 94 valence electrons. The lowest BCUT2D eigenvalue weighted by Crippen LogP contribution is -2.41. The van der Waals surface area contributed by atoms with E-state index in [4.69, 9.17) is 5.73 Å². The topological polar surface area (TPSA) is 72.2 Å². The molecule has 1 rings (SSSR count). The molecule has 0 aliphatic rings. The monoisotopic (exact) mass is 276 g/mol. The summed E-state index contributed by atoms with van der Waals surface area (Å²) in [6, 6.07) is 2.80. The molecule has 1 unspecified atom stereocenters. The first-order chi connectivity index (χ1) is 7.74. The molecule has 1 aromatic carbocycles. The van der Waals surface area contributed by atoms with Gasteiger partial charge in [-0.05, 0) is 37.6 Å². The Balaban J connectivity index is 3.10. The summed E-state index contributed by atoms with van der Waals surface area (Å²) in [4.78, 5) is 0.0651. The zero-order valence-corrected chi connectivity index (χ0v) is 11.0. The van der Waals surface area contributed by atoms with Gasteiger partial charge in [-0.15, -0.1) is 0 Å². The zero-order valence-electron chi connectivity index (χ0n) is 9.40. The van der Waals surface area contributed by atoms with Gasteiger partial charge in [0.1, 0.15) is 5.82 Å². The Morgan fingerprint density at radius 1 is 1.53 bits per heavy atom. The standard InChI is InChI=1S/C10H13FN2O2S2/c1-6-5-8(11)3-4-9(6)17(14,15)13-7(2)10(12)16/h3-5,7,13H,1-2H3,(H2,12,16). The van der Waals surface area contributed by atoms with E-state index in [2.05, 4.69) is 16.9 Å². The summed E-state index contributed by atoms with van der Waals surface area (Å²) in [6.07, 6.45) is 0. The number of benzene rings is 1. The third-order valence-electron chi connectivity index (χ3n) is 2.19. The van der Waals surface area contributed by atoms with Crippen LogP contribution in [-0.2, 0) is 10.0 Å². The molecule has 0 spiro atoms. The second kappa shape index (κ2) is 5.07. The molecule has 0 aromatic heterocycles. The number of hydrogen-bond donors (Lipinski definition) is 2. The lowest BCUT2D eigenvalue weighted by molar-refractivity contribution is 0.577. The van der Waals surface area contributed by atoms with Crippen LogP contribution in [-0.4, -0.2) is 19.4 Å². The first kappa shape index (κ1) is 14.0. The van der Waals surface area contributed by atoms with Crippen molar-refractivity contribution >= 4 is 27.2 Å². The van der Waals surface area contributed by atoms with Crippen LogP contribution in [0.5, 0.6) is 0 Å². The highest BCUT2D eigenvalue weighted by Crippen LogP contribution is 2.16. The second-order valence-electron chi connectivity index (χ2n) is 3.66. The smallest absolute Gasteiger partial charge is 0.241 e. The van der Waals surface area contributed by atoms with Crippen LogP contribution >= 0.6 is 12.2 Å². The summed E-state index contributed by atoms with van der Waals surface area (Å²) in [5, 5.41) is 0. The SMILES string of the molecule is Cc1cc(F)ccc1S(=O)(=O)NC(C)C(N)=S. The average molecular weight is 276 g/mol. The largest absolute Gasteiger partial charge is 0.392 e. The molecular formula is C10H13FN2O2S2. The van der Waals surface area contributed by atoms with Crippen LogP contribution in [0, 0.1) is 12.7 Å². The van der Waals surface area contributed by atoms with Gasteiger partial charge in [0.25, 0.3) is 0 Å². The van der Waals surface area contributed by atoms with E-state index in [0.29, 0.717) is 5.56 Å². The lowest BCUT2D eigenvalue weighted by Gasteiger charge is -2.14. The van der Waals surface area contributed by atoms with E-state index in [-0.39, 0.29) is 9.88 Å². The van der Waals surface area contributed by atoms with E-state index in [0.717, 1.165) is 12.1 Å². The van der Waals surface area contributed by atoms with Crippen LogP contribution in [0.1, 0.15) is 12.5 Å². The first-order valence-corrected chi connectivity index (χ1v) is 6.71. The first-order valence-electron chi connectivity index (χ1n) is 4.82. The van der Waals surface area contributed by atoms with Crippen molar-refractivity contribution in [2.45, 2.75) is 24.8 Å². The highest BCUT2D eigenvalue weighted by molar-refractivity contribution is 7.89. The van der Waals surface area contributed by atoms with Gasteiger partial charge in [0, 0.05) is 0 Å².